The number of phosphoric acid groups is 2. The van der Waals surface area contributed by atoms with Crippen molar-refractivity contribution in [3.63, 3.8) is 0 Å². The lowest BCUT2D eigenvalue weighted by Gasteiger charge is -2.21. The van der Waals surface area contributed by atoms with Crippen molar-refractivity contribution < 1.29 is 76.6 Å². The molecule has 3 aromatic heterocycles. The molecule has 3 unspecified atom stereocenters. The van der Waals surface area contributed by atoms with Gasteiger partial charge >= 0.3 is 15.6 Å². The van der Waals surface area contributed by atoms with Crippen molar-refractivity contribution in [2.75, 3.05) is 37.4 Å². The standard InChI is InChI=1S/C24H35N9O15P2/c25-4-11(34)5-28-24-31-14-19(26)29-9-30-21(14)33(24)23-18(38)16(36)13(47-23)8-45-50(42,43)48-49(40,41)44-7-12-15(35)17(37)22(46-12)32-3-1-2-10(6-32)20(27)39/h1-3,6,9,11-13,15-18,22-23,34-38H,4-5,7-8,25H2,(H6-,26,27,28,29,30,31,39,40,41,42,43)/p+1/t11?,12-,13-,15-,16-,17-,18-,22-,23-/m1/s1. The molecule has 2 fully saturated rings. The summed E-state index contributed by atoms with van der Waals surface area (Å²) in [7, 11) is -10.9. The van der Waals surface area contributed by atoms with Crippen molar-refractivity contribution in [2.24, 2.45) is 11.5 Å². The van der Waals surface area contributed by atoms with Gasteiger partial charge in [-0.3, -0.25) is 18.4 Å². The number of nitrogens with one attached hydrogen (secondary N) is 1. The number of fused-ring (bicyclic) bond motifs is 1. The van der Waals surface area contributed by atoms with Crippen LogP contribution in [-0.4, -0.2) is 130 Å². The number of hydrogen-bond acceptors (Lipinski definition) is 19. The lowest BCUT2D eigenvalue weighted by molar-refractivity contribution is -0.765. The Balaban J connectivity index is 1.20. The topological polar surface area (TPSA) is 377 Å². The minimum atomic E-state index is -5.46. The van der Waals surface area contributed by atoms with Crippen molar-refractivity contribution in [3.05, 3.63) is 36.4 Å². The Morgan fingerprint density at radius 1 is 1.04 bits per heavy atom. The van der Waals surface area contributed by atoms with Gasteiger partial charge in [-0.2, -0.15) is 8.88 Å². The van der Waals surface area contributed by atoms with Gasteiger partial charge in [-0.1, -0.05) is 0 Å². The van der Waals surface area contributed by atoms with Crippen LogP contribution in [0.3, 0.4) is 0 Å². The van der Waals surface area contributed by atoms with Crippen LogP contribution in [0.2, 0.25) is 0 Å². The Hall–Kier alpha value is -3.29. The minimum Gasteiger partial charge on any atom is -0.390 e. The number of aliphatic hydroxyl groups excluding tert-OH is 5. The first kappa shape index (κ1) is 38.0. The van der Waals surface area contributed by atoms with Gasteiger partial charge in [-0.15, -0.1) is 0 Å². The predicted octanol–water partition coefficient (Wildman–Crippen LogP) is -4.28. The van der Waals surface area contributed by atoms with Crippen LogP contribution in [0.25, 0.3) is 11.2 Å². The number of carbonyl (C=O) groups is 1. The van der Waals surface area contributed by atoms with E-state index in [1.807, 2.05) is 0 Å². The fourth-order valence-electron chi connectivity index (χ4n) is 5.09. The van der Waals surface area contributed by atoms with Gasteiger partial charge in [0.1, 0.15) is 42.4 Å². The van der Waals surface area contributed by atoms with Gasteiger partial charge in [-0.25, -0.2) is 24.1 Å². The molecule has 0 aliphatic carbocycles. The fourth-order valence-corrected chi connectivity index (χ4v) is 7.18. The third kappa shape index (κ3) is 8.26. The van der Waals surface area contributed by atoms with Gasteiger partial charge < -0.3 is 67.3 Å². The number of imidazole rings is 1. The largest absolute Gasteiger partial charge is 0.481 e. The Labute approximate surface area is 281 Å². The lowest BCUT2D eigenvalue weighted by atomic mass is 10.1. The van der Waals surface area contributed by atoms with Gasteiger partial charge in [0.15, 0.2) is 41.7 Å². The summed E-state index contributed by atoms with van der Waals surface area (Å²) in [5.74, 6) is -0.849. The zero-order chi connectivity index (χ0) is 36.5. The molecule has 5 heterocycles. The number of aromatic nitrogens is 5. The maximum atomic E-state index is 12.6. The molecule has 24 nitrogen and oxygen atoms in total. The molecule has 0 aromatic carbocycles. The number of carbonyl (C=O) groups excluding carboxylic acids is 1. The SMILES string of the molecule is NCC(O)CNc1nc2c(N)ncnc2n1[C@@H]1O[C@H](COP(=O)(O)OP(=O)(O)OC[C@H]2O[C@@H]([n+]3cccc(C(N)=O)c3)[C@H](O)[C@@H]2O)[C@@H](O)[C@H]1O. The molecule has 11 atom stereocenters. The fraction of sp³-hybridized carbons (Fsp3) is 0.542. The quantitative estimate of drug-likeness (QED) is 0.0517. The molecule has 14 N–H and O–H groups in total. The highest BCUT2D eigenvalue weighted by Crippen LogP contribution is 2.60. The highest BCUT2D eigenvalue weighted by atomic mass is 31.3. The second kappa shape index (κ2) is 15.1. The first-order chi connectivity index (χ1) is 23.5. The maximum Gasteiger partial charge on any atom is 0.481 e. The van der Waals surface area contributed by atoms with Crippen LogP contribution in [0.15, 0.2) is 30.9 Å². The van der Waals surface area contributed by atoms with Crippen LogP contribution >= 0.6 is 15.6 Å². The number of rotatable bonds is 15. The van der Waals surface area contributed by atoms with Crippen LogP contribution in [0.4, 0.5) is 11.8 Å². The zero-order valence-corrected chi connectivity index (χ0v) is 27.5. The average Bonchev–Trinajstić information content (AvgIpc) is 3.68. The molecular formula is C24H36N9O15P2+. The first-order valence-electron chi connectivity index (χ1n) is 14.6. The number of primary amides is 1. The lowest BCUT2D eigenvalue weighted by Crippen LogP contribution is -2.46. The molecule has 0 bridgehead atoms. The molecular weight excluding hydrogens is 716 g/mol. The molecule has 1 amide bonds. The van der Waals surface area contributed by atoms with Gasteiger partial charge in [-0.05, 0) is 6.07 Å². The molecule has 26 heteroatoms. The Morgan fingerprint density at radius 3 is 2.32 bits per heavy atom. The number of pyridine rings is 1. The Bertz CT molecular complexity index is 1790. The van der Waals surface area contributed by atoms with Crippen molar-refractivity contribution in [2.45, 2.75) is 55.2 Å². The summed E-state index contributed by atoms with van der Waals surface area (Å²) in [6, 6.07) is 2.82. The summed E-state index contributed by atoms with van der Waals surface area (Å²) in [6.45, 7) is -2.10. The van der Waals surface area contributed by atoms with E-state index in [2.05, 4.69) is 24.6 Å². The Morgan fingerprint density at radius 2 is 1.68 bits per heavy atom. The number of nitrogen functional groups attached to an aromatic ring is 1. The van der Waals surface area contributed by atoms with Crippen LogP contribution in [0, 0.1) is 0 Å². The van der Waals surface area contributed by atoms with E-state index in [0.717, 1.165) is 6.33 Å². The number of ether oxygens (including phenoxy) is 2. The van der Waals surface area contributed by atoms with E-state index >= 15 is 0 Å². The van der Waals surface area contributed by atoms with Gasteiger partial charge in [0.2, 0.25) is 5.95 Å². The maximum absolute atomic E-state index is 12.6. The summed E-state index contributed by atoms with van der Waals surface area (Å²) in [6.07, 6.45) is -9.77. The molecule has 2 aliphatic heterocycles. The molecule has 2 aliphatic rings. The van der Waals surface area contributed by atoms with Crippen LogP contribution in [0.5, 0.6) is 0 Å². The summed E-state index contributed by atoms with van der Waals surface area (Å²) >= 11 is 0. The average molecular weight is 753 g/mol. The molecule has 0 radical (unpaired) electrons. The van der Waals surface area contributed by atoms with E-state index in [1.54, 1.807) is 0 Å². The number of phosphoric ester groups is 2. The highest BCUT2D eigenvalue weighted by Gasteiger charge is 2.50. The van der Waals surface area contributed by atoms with E-state index < -0.39 is 89.9 Å². The molecule has 3 aromatic rings. The number of nitrogens with zero attached hydrogens (tertiary/aromatic N) is 5. The van der Waals surface area contributed by atoms with Crippen molar-refractivity contribution >= 4 is 44.5 Å². The second-order valence-corrected chi connectivity index (χ2v) is 14.2. The van der Waals surface area contributed by atoms with Crippen LogP contribution < -0.4 is 27.1 Å². The molecule has 50 heavy (non-hydrogen) atoms. The molecule has 2 saturated heterocycles. The molecule has 0 spiro atoms. The first-order valence-corrected chi connectivity index (χ1v) is 17.6. The number of aliphatic hydroxyl groups is 5. The van der Waals surface area contributed by atoms with Gasteiger partial charge in [0.05, 0.1) is 19.3 Å². The smallest absolute Gasteiger partial charge is 0.390 e. The van der Waals surface area contributed by atoms with Crippen molar-refractivity contribution in [1.29, 1.82) is 0 Å². The third-order valence-corrected chi connectivity index (χ3v) is 10.2. The summed E-state index contributed by atoms with van der Waals surface area (Å²) in [5.41, 5.74) is 16.8. The summed E-state index contributed by atoms with van der Waals surface area (Å²) in [5, 5.41) is 55.1. The molecule has 0 saturated carbocycles. The van der Waals surface area contributed by atoms with Gasteiger partial charge in [0, 0.05) is 19.2 Å². The number of hydrogen-bond donors (Lipinski definition) is 11. The zero-order valence-electron chi connectivity index (χ0n) is 25.7. The summed E-state index contributed by atoms with van der Waals surface area (Å²) in [4.78, 5) is 44.0. The van der Waals surface area contributed by atoms with E-state index in [-0.39, 0.29) is 41.6 Å². The Kier molecular flexibility index (Phi) is 11.5. The van der Waals surface area contributed by atoms with E-state index in [1.165, 1.54) is 33.7 Å². The number of anilines is 2. The van der Waals surface area contributed by atoms with Crippen molar-refractivity contribution in [3.8, 4) is 0 Å². The summed E-state index contributed by atoms with van der Waals surface area (Å²) < 4.78 is 52.6. The van der Waals surface area contributed by atoms with E-state index in [9.17, 15) is 49.2 Å². The normalized spacial score (nSPS) is 29.8. The van der Waals surface area contributed by atoms with Gasteiger partial charge in [0.25, 0.3) is 12.1 Å². The highest BCUT2D eigenvalue weighted by molar-refractivity contribution is 7.61. The third-order valence-electron chi connectivity index (χ3n) is 7.61. The number of amides is 1. The van der Waals surface area contributed by atoms with E-state index in [4.69, 9.17) is 35.7 Å². The second-order valence-electron chi connectivity index (χ2n) is 11.1. The monoisotopic (exact) mass is 752 g/mol. The number of nitrogens with two attached hydrogens (primary N) is 3. The molecule has 276 valence electrons. The van der Waals surface area contributed by atoms with Crippen molar-refractivity contribution in [1.82, 2.24) is 19.5 Å². The molecule has 5 rings (SSSR count). The van der Waals surface area contributed by atoms with E-state index in [0.29, 0.717) is 0 Å². The minimum absolute atomic E-state index is 0.0278. The van der Waals surface area contributed by atoms with Crippen LogP contribution in [0.1, 0.15) is 22.8 Å². The van der Waals surface area contributed by atoms with Crippen LogP contribution in [-0.2, 0) is 32.0 Å². The predicted molar refractivity (Wildman–Crippen MR) is 163 cm³/mol.